The van der Waals surface area contributed by atoms with Gasteiger partial charge in [-0.3, -0.25) is 43.2 Å². The highest BCUT2D eigenvalue weighted by Crippen LogP contribution is 2.43. The predicted octanol–water partition coefficient (Wildman–Crippen LogP) is 12.0. The highest BCUT2D eigenvalue weighted by molar-refractivity contribution is 9.13. The lowest BCUT2D eigenvalue weighted by Crippen LogP contribution is -2.50. The number of fused-ring (bicyclic) bond motifs is 3. The van der Waals surface area contributed by atoms with Gasteiger partial charge in [0.15, 0.2) is 28.9 Å². The van der Waals surface area contributed by atoms with E-state index < -0.39 is 69.8 Å². The number of hydrogen-bond acceptors (Lipinski definition) is 17. The molecule has 0 saturated carbocycles. The molecule has 3 aromatic rings. The Kier molecular flexibility index (Phi) is 26.8. The third kappa shape index (κ3) is 19.7. The maximum atomic E-state index is 12.8. The first kappa shape index (κ1) is 67.8. The molecular weight excluding hydrogens is 1360 g/mol. The zero-order valence-electron chi connectivity index (χ0n) is 42.7. The van der Waals surface area contributed by atoms with Crippen molar-refractivity contribution in [2.75, 3.05) is 19.6 Å². The number of nitrogens with zero attached hydrogens (tertiary/aromatic N) is 1. The average molecular weight is 1420 g/mol. The molecular formula is C51H57Br6NO16. The summed E-state index contributed by atoms with van der Waals surface area (Å²) in [5.74, 6) is -6.76. The summed E-state index contributed by atoms with van der Waals surface area (Å²) < 4.78 is 22.6. The van der Waals surface area contributed by atoms with Gasteiger partial charge in [0, 0.05) is 64.4 Å². The SMILES string of the molecule is CC(=O)C1(C(=O)OC(C)(C)C)C(=O)c2cc(Br)c(Br)cc2C1=O.CC(=O)CC(=O)OC(C)(C)C.CC(=O)OC(C)=O.CCN(CC)CC.O=C1CC(=O)c2cc(Br)c(Br)cc21.O=C1OC(=O)c2cc(Br)c(Br)cc21.[2HH]. The van der Waals surface area contributed by atoms with Crippen molar-refractivity contribution >= 4 is 166 Å². The number of Topliss-reactive ketones (excluding diaryl/α,β-unsaturated/α-hetero) is 6. The molecule has 0 N–H and O–H groups in total. The molecule has 0 spiro atoms. The van der Waals surface area contributed by atoms with Gasteiger partial charge >= 0.3 is 35.8 Å². The first-order chi connectivity index (χ1) is 33.9. The molecule has 23 heteroatoms. The van der Waals surface area contributed by atoms with Gasteiger partial charge in [0.2, 0.25) is 0 Å². The Morgan fingerprint density at radius 2 is 0.851 bits per heavy atom. The Morgan fingerprint density at radius 1 is 0.541 bits per heavy atom. The van der Waals surface area contributed by atoms with Crippen molar-refractivity contribution in [3.63, 3.8) is 0 Å². The Morgan fingerprint density at radius 3 is 1.09 bits per heavy atom. The molecule has 0 unspecified atom stereocenters. The number of ketones is 6. The monoisotopic (exact) mass is 1410 g/mol. The van der Waals surface area contributed by atoms with Crippen molar-refractivity contribution in [1.82, 2.24) is 4.90 Å². The van der Waals surface area contributed by atoms with Crippen LogP contribution >= 0.6 is 95.6 Å². The van der Waals surface area contributed by atoms with Crippen LogP contribution in [0.3, 0.4) is 0 Å². The van der Waals surface area contributed by atoms with E-state index in [1.54, 1.807) is 65.8 Å². The van der Waals surface area contributed by atoms with Gasteiger partial charge in [-0.25, -0.2) is 14.4 Å². The van der Waals surface area contributed by atoms with Crippen LogP contribution < -0.4 is 0 Å². The maximum absolute atomic E-state index is 12.8. The molecule has 404 valence electrons. The van der Waals surface area contributed by atoms with Crippen LogP contribution in [-0.4, -0.2) is 106 Å². The number of carbonyl (C=O) groups excluding carboxylic acids is 12. The number of halogens is 6. The molecule has 2 aliphatic carbocycles. The van der Waals surface area contributed by atoms with E-state index in [2.05, 4.69) is 131 Å². The molecule has 0 atom stereocenters. The van der Waals surface area contributed by atoms with Crippen molar-refractivity contribution < 1.29 is 77.9 Å². The summed E-state index contributed by atoms with van der Waals surface area (Å²) >= 11 is 19.5. The van der Waals surface area contributed by atoms with E-state index in [-0.39, 0.29) is 42.7 Å². The number of cyclic esters (lactones) is 2. The van der Waals surface area contributed by atoms with Crippen LogP contribution in [0.4, 0.5) is 0 Å². The highest BCUT2D eigenvalue weighted by atomic mass is 79.9. The molecule has 0 bridgehead atoms. The Hall–Kier alpha value is -4.26. The summed E-state index contributed by atoms with van der Waals surface area (Å²) in [5, 5.41) is 0. The first-order valence-corrected chi connectivity index (χ1v) is 26.9. The van der Waals surface area contributed by atoms with Crippen molar-refractivity contribution in [2.24, 2.45) is 5.41 Å². The van der Waals surface area contributed by atoms with E-state index in [0.29, 0.717) is 31.2 Å². The van der Waals surface area contributed by atoms with Crippen LogP contribution in [-0.2, 0) is 47.7 Å². The molecule has 17 nitrogen and oxygen atoms in total. The molecule has 6 rings (SSSR count). The normalized spacial score (nSPS) is 13.5. The van der Waals surface area contributed by atoms with Crippen LogP contribution in [0.1, 0.15) is 166 Å². The summed E-state index contributed by atoms with van der Waals surface area (Å²) in [5.41, 5.74) is -2.14. The number of benzene rings is 3. The van der Waals surface area contributed by atoms with Crippen molar-refractivity contribution in [3.8, 4) is 0 Å². The van der Waals surface area contributed by atoms with Crippen LogP contribution in [0, 0.1) is 5.41 Å². The van der Waals surface area contributed by atoms with Crippen molar-refractivity contribution in [1.29, 1.82) is 0 Å². The number of hydrogen-bond donors (Lipinski definition) is 0. The summed E-state index contributed by atoms with van der Waals surface area (Å²) in [6.07, 6.45) is -0.116. The van der Waals surface area contributed by atoms with Crippen molar-refractivity contribution in [2.45, 2.75) is 114 Å². The predicted molar refractivity (Wildman–Crippen MR) is 295 cm³/mol. The molecule has 3 aliphatic rings. The van der Waals surface area contributed by atoms with E-state index in [4.69, 9.17) is 9.47 Å². The minimum atomic E-state index is -2.45. The molecule has 1 aliphatic heterocycles. The third-order valence-corrected chi connectivity index (χ3v) is 15.1. The number of rotatable bonds is 7. The van der Waals surface area contributed by atoms with E-state index in [1.165, 1.54) is 52.5 Å². The van der Waals surface area contributed by atoms with E-state index in [1.807, 2.05) is 0 Å². The number of esters is 6. The molecule has 0 saturated heterocycles. The molecule has 0 radical (unpaired) electrons. The van der Waals surface area contributed by atoms with Crippen LogP contribution in [0.15, 0.2) is 63.2 Å². The fourth-order valence-corrected chi connectivity index (χ4v) is 8.37. The lowest BCUT2D eigenvalue weighted by Gasteiger charge is -2.27. The first-order valence-electron chi connectivity index (χ1n) is 22.2. The van der Waals surface area contributed by atoms with Gasteiger partial charge in [-0.05, 0) is 207 Å². The van der Waals surface area contributed by atoms with Gasteiger partial charge in [-0.15, -0.1) is 0 Å². The lowest BCUT2D eigenvalue weighted by molar-refractivity contribution is -0.164. The summed E-state index contributed by atoms with van der Waals surface area (Å²) in [6, 6.07) is 9.35. The van der Waals surface area contributed by atoms with Gasteiger partial charge < -0.3 is 23.8 Å². The summed E-state index contributed by atoms with van der Waals surface area (Å²) in [4.78, 5) is 138. The van der Waals surface area contributed by atoms with Gasteiger partial charge in [-0.1, -0.05) is 20.8 Å². The molecule has 3 aromatic carbocycles. The van der Waals surface area contributed by atoms with Gasteiger partial charge in [0.1, 0.15) is 23.4 Å². The van der Waals surface area contributed by atoms with Gasteiger partial charge in [0.25, 0.3) is 5.41 Å². The maximum Gasteiger partial charge on any atom is 0.346 e. The molecule has 0 amide bonds. The zero-order valence-corrected chi connectivity index (χ0v) is 52.3. The highest BCUT2D eigenvalue weighted by Gasteiger charge is 2.64. The molecule has 1 heterocycles. The fourth-order valence-electron chi connectivity index (χ4n) is 6.31. The van der Waals surface area contributed by atoms with Crippen LogP contribution in [0.5, 0.6) is 0 Å². The second-order valence-electron chi connectivity index (χ2n) is 17.8. The van der Waals surface area contributed by atoms with Crippen LogP contribution in [0.2, 0.25) is 0 Å². The van der Waals surface area contributed by atoms with Crippen LogP contribution in [0.25, 0.3) is 0 Å². The number of ether oxygens (including phenoxy) is 4. The standard InChI is InChI=1S/C16H14Br2O5.C9H4Br2O2.C8H2Br2O3.C8H14O3.C6H15N.C4H6O3.H2/c1-7(19)16(14(22)23-15(2,3)4)12(20)8-5-10(17)11(18)6-9(8)13(16)21;10-6-1-4-5(2-7(6)11)9(13)3-8(4)12;9-5-1-3-4(2-6(5)10)8(12)13-7(3)11;1-6(9)5-7(10)11-8(2,3)4;1-4-7(5-2)6-3;1-3(5)7-4(2)6;/h5-6H,1-4H3;1-2H,3H2;1-2H;5H2,1-4H3;4-6H2,1-3H3;1-2H3;1H/i;;;;;;1+1. The zero-order chi connectivity index (χ0) is 57.5. The van der Waals surface area contributed by atoms with E-state index in [0.717, 1.165) is 24.8 Å². The fraction of sp³-hybridized carbons (Fsp3) is 0.412. The lowest BCUT2D eigenvalue weighted by atomic mass is 9.79. The quantitative estimate of drug-likeness (QED) is 0.121. The average Bonchev–Trinajstić information content (AvgIpc) is 3.76. The molecule has 0 fully saturated rings. The largest absolute Gasteiger partial charge is 0.460 e. The third-order valence-electron chi connectivity index (χ3n) is 9.57. The van der Waals surface area contributed by atoms with Gasteiger partial charge in [0.05, 0.1) is 17.5 Å². The molecule has 0 aromatic heterocycles. The number of carbonyl (C=O) groups is 12. The summed E-state index contributed by atoms with van der Waals surface area (Å²) in [6.45, 7) is 25.0. The van der Waals surface area contributed by atoms with E-state index >= 15 is 0 Å². The summed E-state index contributed by atoms with van der Waals surface area (Å²) in [7, 11) is 0. The van der Waals surface area contributed by atoms with E-state index in [9.17, 15) is 57.5 Å². The minimum absolute atomic E-state index is 0. The molecule has 74 heavy (non-hydrogen) atoms. The Balaban J connectivity index is 0.000000922. The smallest absolute Gasteiger partial charge is 0.346 e. The van der Waals surface area contributed by atoms with Crippen molar-refractivity contribution in [3.05, 3.63) is 96.6 Å². The second-order valence-corrected chi connectivity index (χ2v) is 22.9. The Bertz CT molecular complexity index is 2540. The second kappa shape index (κ2) is 29.3. The minimum Gasteiger partial charge on any atom is -0.460 e. The van der Waals surface area contributed by atoms with Gasteiger partial charge in [-0.2, -0.15) is 0 Å². The topological polar surface area (TPSA) is 245 Å². The Labute approximate surface area is 480 Å².